The zero-order valence-corrected chi connectivity index (χ0v) is 8.43. The first-order chi connectivity index (χ1) is 7.27. The molecule has 1 aliphatic carbocycles. The molecule has 1 fully saturated rings. The summed E-state index contributed by atoms with van der Waals surface area (Å²) in [6, 6.07) is 9.90. The van der Waals surface area contributed by atoms with E-state index in [0.29, 0.717) is 13.2 Å². The van der Waals surface area contributed by atoms with Gasteiger partial charge in [-0.3, -0.25) is 4.79 Å². The average molecular weight is 206 g/mol. The third kappa shape index (κ3) is 2.80. The van der Waals surface area contributed by atoms with Crippen LogP contribution < -0.4 is 0 Å². The van der Waals surface area contributed by atoms with Crippen LogP contribution >= 0.6 is 0 Å². The first-order valence-electron chi connectivity index (χ1n) is 5.12. The zero-order chi connectivity index (χ0) is 10.7. The van der Waals surface area contributed by atoms with Gasteiger partial charge in [-0.25, -0.2) is 0 Å². The molecule has 0 aliphatic heterocycles. The van der Waals surface area contributed by atoms with Gasteiger partial charge >= 0.3 is 5.97 Å². The number of carboxylic acids is 1. The molecule has 2 unspecified atom stereocenters. The second-order valence-corrected chi connectivity index (χ2v) is 3.94. The zero-order valence-electron chi connectivity index (χ0n) is 8.43. The molecular formula is C12H14O3. The van der Waals surface area contributed by atoms with Crippen molar-refractivity contribution in [3.8, 4) is 0 Å². The van der Waals surface area contributed by atoms with E-state index in [0.717, 1.165) is 12.0 Å². The Bertz CT molecular complexity index is 334. The summed E-state index contributed by atoms with van der Waals surface area (Å²) in [7, 11) is 0. The second-order valence-electron chi connectivity index (χ2n) is 3.94. The quantitative estimate of drug-likeness (QED) is 0.800. The van der Waals surface area contributed by atoms with Gasteiger partial charge in [0.1, 0.15) is 0 Å². The summed E-state index contributed by atoms with van der Waals surface area (Å²) in [6.07, 6.45) is 0.768. The van der Waals surface area contributed by atoms with Crippen LogP contribution in [0.25, 0.3) is 0 Å². The maximum absolute atomic E-state index is 10.5. The van der Waals surface area contributed by atoms with Crippen molar-refractivity contribution in [1.82, 2.24) is 0 Å². The number of carboxylic acid groups (broad SMARTS) is 1. The van der Waals surface area contributed by atoms with E-state index in [4.69, 9.17) is 9.84 Å². The minimum Gasteiger partial charge on any atom is -0.481 e. The number of carbonyl (C=O) groups is 1. The lowest BCUT2D eigenvalue weighted by atomic mass is 10.2. The minimum absolute atomic E-state index is 0.166. The van der Waals surface area contributed by atoms with Gasteiger partial charge in [-0.2, -0.15) is 0 Å². The molecule has 0 spiro atoms. The molecule has 2 atom stereocenters. The van der Waals surface area contributed by atoms with E-state index in [1.54, 1.807) is 0 Å². The Kier molecular flexibility index (Phi) is 3.02. The Labute approximate surface area is 88.7 Å². The van der Waals surface area contributed by atoms with Gasteiger partial charge in [0.2, 0.25) is 0 Å². The number of rotatable bonds is 5. The molecule has 0 bridgehead atoms. The molecule has 1 aliphatic rings. The molecule has 1 saturated carbocycles. The van der Waals surface area contributed by atoms with Crippen LogP contribution in [0.1, 0.15) is 12.0 Å². The SMILES string of the molecule is O=C(O)C1CC1COCc1ccccc1. The van der Waals surface area contributed by atoms with Crippen molar-refractivity contribution >= 4 is 5.97 Å². The van der Waals surface area contributed by atoms with Crippen molar-refractivity contribution in [3.63, 3.8) is 0 Å². The molecule has 15 heavy (non-hydrogen) atoms. The second kappa shape index (κ2) is 4.45. The summed E-state index contributed by atoms with van der Waals surface area (Å²) < 4.78 is 5.46. The van der Waals surface area contributed by atoms with E-state index in [-0.39, 0.29) is 11.8 Å². The lowest BCUT2D eigenvalue weighted by Gasteiger charge is -2.02. The highest BCUT2D eigenvalue weighted by molar-refractivity contribution is 5.73. The van der Waals surface area contributed by atoms with Crippen LogP contribution in [0.4, 0.5) is 0 Å². The number of benzene rings is 1. The fourth-order valence-corrected chi connectivity index (χ4v) is 1.64. The highest BCUT2D eigenvalue weighted by Gasteiger charge is 2.43. The molecule has 3 heteroatoms. The van der Waals surface area contributed by atoms with Crippen LogP contribution in [-0.2, 0) is 16.1 Å². The van der Waals surface area contributed by atoms with E-state index >= 15 is 0 Å². The Morgan fingerprint density at radius 3 is 2.73 bits per heavy atom. The van der Waals surface area contributed by atoms with Gasteiger partial charge in [0.05, 0.1) is 19.1 Å². The van der Waals surface area contributed by atoms with Gasteiger partial charge in [-0.15, -0.1) is 0 Å². The monoisotopic (exact) mass is 206 g/mol. The predicted octanol–water partition coefficient (Wildman–Crippen LogP) is 1.92. The van der Waals surface area contributed by atoms with Crippen LogP contribution in [-0.4, -0.2) is 17.7 Å². The first-order valence-corrected chi connectivity index (χ1v) is 5.12. The fourth-order valence-electron chi connectivity index (χ4n) is 1.64. The van der Waals surface area contributed by atoms with E-state index in [2.05, 4.69) is 0 Å². The van der Waals surface area contributed by atoms with Crippen LogP contribution in [0.2, 0.25) is 0 Å². The number of ether oxygens (including phenoxy) is 1. The van der Waals surface area contributed by atoms with Crippen molar-refractivity contribution in [2.75, 3.05) is 6.61 Å². The van der Waals surface area contributed by atoms with Gasteiger partial charge in [-0.05, 0) is 17.9 Å². The minimum atomic E-state index is -0.691. The van der Waals surface area contributed by atoms with Crippen molar-refractivity contribution < 1.29 is 14.6 Å². The van der Waals surface area contributed by atoms with Gasteiger partial charge in [-0.1, -0.05) is 30.3 Å². The molecule has 2 rings (SSSR count). The topological polar surface area (TPSA) is 46.5 Å². The summed E-state index contributed by atoms with van der Waals surface area (Å²) in [5.41, 5.74) is 1.13. The Hall–Kier alpha value is -1.35. The smallest absolute Gasteiger partial charge is 0.306 e. The molecule has 0 saturated heterocycles. The van der Waals surface area contributed by atoms with Crippen molar-refractivity contribution in [1.29, 1.82) is 0 Å². The summed E-state index contributed by atoms with van der Waals surface area (Å²) in [6.45, 7) is 1.13. The summed E-state index contributed by atoms with van der Waals surface area (Å²) >= 11 is 0. The van der Waals surface area contributed by atoms with Crippen molar-refractivity contribution in [3.05, 3.63) is 35.9 Å². The van der Waals surface area contributed by atoms with Gasteiger partial charge in [0.15, 0.2) is 0 Å². The molecule has 0 radical (unpaired) electrons. The Balaban J connectivity index is 1.67. The highest BCUT2D eigenvalue weighted by atomic mass is 16.5. The van der Waals surface area contributed by atoms with Crippen LogP contribution in [0.15, 0.2) is 30.3 Å². The summed E-state index contributed by atoms with van der Waals surface area (Å²) in [5, 5.41) is 8.68. The van der Waals surface area contributed by atoms with Gasteiger partial charge < -0.3 is 9.84 Å². The van der Waals surface area contributed by atoms with Crippen molar-refractivity contribution in [2.24, 2.45) is 11.8 Å². The van der Waals surface area contributed by atoms with E-state index in [9.17, 15) is 4.79 Å². The predicted molar refractivity (Wildman–Crippen MR) is 55.3 cm³/mol. The Morgan fingerprint density at radius 2 is 2.13 bits per heavy atom. The lowest BCUT2D eigenvalue weighted by molar-refractivity contribution is -0.139. The lowest BCUT2D eigenvalue weighted by Crippen LogP contribution is -2.04. The molecule has 1 aromatic carbocycles. The van der Waals surface area contributed by atoms with Crippen LogP contribution in [0.5, 0.6) is 0 Å². The largest absolute Gasteiger partial charge is 0.481 e. The third-order valence-corrected chi connectivity index (χ3v) is 2.68. The molecule has 3 nitrogen and oxygen atoms in total. The molecular weight excluding hydrogens is 192 g/mol. The fraction of sp³-hybridized carbons (Fsp3) is 0.417. The van der Waals surface area contributed by atoms with Crippen molar-refractivity contribution in [2.45, 2.75) is 13.0 Å². The molecule has 0 amide bonds. The molecule has 0 heterocycles. The standard InChI is InChI=1S/C12H14O3/c13-12(14)11-6-10(11)8-15-7-9-4-2-1-3-5-9/h1-5,10-11H,6-8H2,(H,13,14). The van der Waals surface area contributed by atoms with Gasteiger partial charge in [0.25, 0.3) is 0 Å². The summed E-state index contributed by atoms with van der Waals surface area (Å²) in [5.74, 6) is -0.629. The third-order valence-electron chi connectivity index (χ3n) is 2.68. The van der Waals surface area contributed by atoms with Crippen LogP contribution in [0.3, 0.4) is 0 Å². The molecule has 1 N–H and O–H groups in total. The highest BCUT2D eigenvalue weighted by Crippen LogP contribution is 2.38. The normalized spacial score (nSPS) is 23.7. The summed E-state index contributed by atoms with van der Waals surface area (Å²) in [4.78, 5) is 10.5. The number of hydrogen-bond donors (Lipinski definition) is 1. The van der Waals surface area contributed by atoms with Crippen LogP contribution in [0, 0.1) is 11.8 Å². The maximum Gasteiger partial charge on any atom is 0.306 e. The number of aliphatic carboxylic acids is 1. The van der Waals surface area contributed by atoms with E-state index in [1.807, 2.05) is 30.3 Å². The Morgan fingerprint density at radius 1 is 1.40 bits per heavy atom. The molecule has 80 valence electrons. The number of hydrogen-bond acceptors (Lipinski definition) is 2. The average Bonchev–Trinajstić information content (AvgIpc) is 2.99. The van der Waals surface area contributed by atoms with E-state index in [1.165, 1.54) is 0 Å². The molecule has 1 aromatic rings. The van der Waals surface area contributed by atoms with E-state index < -0.39 is 5.97 Å². The first kappa shape index (κ1) is 10.2. The van der Waals surface area contributed by atoms with Gasteiger partial charge in [0, 0.05) is 0 Å². The molecule has 0 aromatic heterocycles. The maximum atomic E-state index is 10.5.